The van der Waals surface area contributed by atoms with Crippen molar-refractivity contribution in [3.05, 3.63) is 47.4 Å². The summed E-state index contributed by atoms with van der Waals surface area (Å²) in [5.74, 6) is 3.82. The Morgan fingerprint density at radius 2 is 2.35 bits per heavy atom. The fourth-order valence-corrected chi connectivity index (χ4v) is 1.53. The Kier molecular flexibility index (Phi) is 4.13. The fraction of sp³-hybridized carbons (Fsp3) is 0.143. The van der Waals surface area contributed by atoms with Crippen molar-refractivity contribution >= 4 is 11.6 Å². The number of benzene rings is 1. The van der Waals surface area contributed by atoms with Crippen molar-refractivity contribution in [2.24, 2.45) is 0 Å². The van der Waals surface area contributed by atoms with Gasteiger partial charge in [0.05, 0.1) is 11.4 Å². The summed E-state index contributed by atoms with van der Waals surface area (Å²) in [6.45, 7) is 1.31. The summed E-state index contributed by atoms with van der Waals surface area (Å²) in [5.41, 5.74) is 0.846. The normalized spacial score (nSPS) is 9.75. The molecule has 1 aromatic heterocycles. The first-order valence-corrected chi connectivity index (χ1v) is 5.72. The van der Waals surface area contributed by atoms with E-state index in [9.17, 15) is 9.18 Å². The van der Waals surface area contributed by atoms with E-state index in [0.717, 1.165) is 6.39 Å². The van der Waals surface area contributed by atoms with E-state index in [4.69, 9.17) is 9.52 Å². The molecule has 102 valence electrons. The van der Waals surface area contributed by atoms with Gasteiger partial charge in [-0.15, -0.1) is 0 Å². The van der Waals surface area contributed by atoms with Crippen LogP contribution in [0, 0.1) is 24.6 Å². The molecule has 5 nitrogen and oxygen atoms in total. The van der Waals surface area contributed by atoms with Crippen molar-refractivity contribution in [1.82, 2.24) is 4.98 Å². The molecule has 0 fully saturated rings. The molecule has 0 radical (unpaired) electrons. The van der Waals surface area contributed by atoms with Crippen LogP contribution in [-0.2, 0) is 0 Å². The highest BCUT2D eigenvalue weighted by Gasteiger charge is 2.15. The van der Waals surface area contributed by atoms with Crippen LogP contribution in [0.1, 0.15) is 21.8 Å². The number of carbonyl (C=O) groups is 1. The van der Waals surface area contributed by atoms with Gasteiger partial charge in [0, 0.05) is 5.56 Å². The third-order valence-corrected chi connectivity index (χ3v) is 2.48. The van der Waals surface area contributed by atoms with Crippen molar-refractivity contribution in [2.75, 3.05) is 11.9 Å². The van der Waals surface area contributed by atoms with Crippen LogP contribution in [0.3, 0.4) is 0 Å². The van der Waals surface area contributed by atoms with Gasteiger partial charge in [-0.2, -0.15) is 0 Å². The minimum atomic E-state index is -0.625. The molecule has 1 amide bonds. The Bertz CT molecular complexity index is 698. The average molecular weight is 274 g/mol. The second kappa shape index (κ2) is 5.99. The molecule has 0 aliphatic carbocycles. The number of rotatable bonds is 2. The number of carbonyl (C=O) groups excluding carboxylic acids is 1. The number of amides is 1. The van der Waals surface area contributed by atoms with Gasteiger partial charge in [-0.1, -0.05) is 11.8 Å². The minimum absolute atomic E-state index is 0.0142. The first-order valence-electron chi connectivity index (χ1n) is 5.72. The molecule has 0 bridgehead atoms. The molecular weight excluding hydrogens is 263 g/mol. The van der Waals surface area contributed by atoms with Crippen LogP contribution in [0.5, 0.6) is 0 Å². The molecule has 0 unspecified atom stereocenters. The predicted molar refractivity (Wildman–Crippen MR) is 69.6 cm³/mol. The molecule has 0 atom stereocenters. The minimum Gasteiger partial charge on any atom is -0.438 e. The van der Waals surface area contributed by atoms with E-state index in [1.807, 2.05) is 0 Å². The maximum Gasteiger partial charge on any atom is 0.293 e. The van der Waals surface area contributed by atoms with Crippen LogP contribution in [-0.4, -0.2) is 22.6 Å². The number of oxazole rings is 1. The zero-order chi connectivity index (χ0) is 14.5. The second-order valence-electron chi connectivity index (χ2n) is 3.88. The molecule has 0 aliphatic heterocycles. The molecule has 1 heterocycles. The first kappa shape index (κ1) is 13.8. The lowest BCUT2D eigenvalue weighted by Crippen LogP contribution is -2.13. The zero-order valence-corrected chi connectivity index (χ0v) is 10.6. The van der Waals surface area contributed by atoms with Crippen LogP contribution in [0.4, 0.5) is 10.1 Å². The van der Waals surface area contributed by atoms with E-state index in [1.165, 1.54) is 18.2 Å². The van der Waals surface area contributed by atoms with Gasteiger partial charge in [0.2, 0.25) is 5.76 Å². The van der Waals surface area contributed by atoms with Crippen molar-refractivity contribution < 1.29 is 18.7 Å². The number of hydrogen-bond acceptors (Lipinski definition) is 4. The number of aryl methyl sites for hydroxylation is 1. The van der Waals surface area contributed by atoms with Crippen LogP contribution in [0.2, 0.25) is 0 Å². The Balaban J connectivity index is 2.18. The monoisotopic (exact) mass is 274 g/mol. The highest BCUT2D eigenvalue weighted by Crippen LogP contribution is 2.17. The highest BCUT2D eigenvalue weighted by atomic mass is 19.1. The number of aromatic nitrogens is 1. The van der Waals surface area contributed by atoms with E-state index >= 15 is 0 Å². The number of aliphatic hydroxyl groups excluding tert-OH is 1. The maximum absolute atomic E-state index is 13.8. The topological polar surface area (TPSA) is 75.4 Å². The highest BCUT2D eigenvalue weighted by molar-refractivity contribution is 6.02. The molecule has 2 rings (SSSR count). The summed E-state index contributed by atoms with van der Waals surface area (Å²) in [7, 11) is 0. The number of nitrogens with one attached hydrogen (secondary N) is 1. The molecule has 2 N–H and O–H groups in total. The number of aliphatic hydroxyl groups is 1. The smallest absolute Gasteiger partial charge is 0.293 e. The standard InChI is InChI=1S/C14H11FN2O3/c1-9-13(20-8-16-9)14(19)17-12-5-4-10(3-2-6-18)7-11(12)15/h4-5,7-8,18H,6H2,1H3,(H,17,19). The van der Waals surface area contributed by atoms with E-state index in [0.29, 0.717) is 11.3 Å². The Hall–Kier alpha value is -2.65. The number of halogens is 1. The molecule has 20 heavy (non-hydrogen) atoms. The van der Waals surface area contributed by atoms with Crippen molar-refractivity contribution in [1.29, 1.82) is 0 Å². The van der Waals surface area contributed by atoms with E-state index in [-0.39, 0.29) is 18.1 Å². The van der Waals surface area contributed by atoms with Crippen LogP contribution >= 0.6 is 0 Å². The van der Waals surface area contributed by atoms with E-state index in [2.05, 4.69) is 22.1 Å². The SMILES string of the molecule is Cc1ncoc1C(=O)Nc1ccc(C#CCO)cc1F. The third-order valence-electron chi connectivity index (χ3n) is 2.48. The van der Waals surface area contributed by atoms with Gasteiger partial charge < -0.3 is 14.8 Å². The summed E-state index contributed by atoms with van der Waals surface area (Å²) in [6, 6.07) is 4.10. The van der Waals surface area contributed by atoms with Crippen molar-refractivity contribution in [3.63, 3.8) is 0 Å². The number of anilines is 1. The lowest BCUT2D eigenvalue weighted by molar-refractivity contribution is 0.0995. The van der Waals surface area contributed by atoms with Gasteiger partial charge >= 0.3 is 0 Å². The second-order valence-corrected chi connectivity index (χ2v) is 3.88. The van der Waals surface area contributed by atoms with E-state index < -0.39 is 11.7 Å². The van der Waals surface area contributed by atoms with Crippen LogP contribution < -0.4 is 5.32 Å². The average Bonchev–Trinajstić information content (AvgIpc) is 2.85. The molecule has 6 heteroatoms. The van der Waals surface area contributed by atoms with Crippen LogP contribution in [0.15, 0.2) is 29.0 Å². The summed E-state index contributed by atoms with van der Waals surface area (Å²) in [5, 5.41) is 11.0. The largest absolute Gasteiger partial charge is 0.438 e. The Morgan fingerprint density at radius 3 is 2.95 bits per heavy atom. The van der Waals surface area contributed by atoms with Crippen molar-refractivity contribution in [3.8, 4) is 11.8 Å². The molecule has 0 saturated heterocycles. The molecule has 0 spiro atoms. The molecule has 1 aromatic carbocycles. The van der Waals surface area contributed by atoms with Gasteiger partial charge in [-0.25, -0.2) is 9.37 Å². The first-order chi connectivity index (χ1) is 9.61. The van der Waals surface area contributed by atoms with Gasteiger partial charge in [0.1, 0.15) is 12.4 Å². The number of nitrogens with zero attached hydrogens (tertiary/aromatic N) is 1. The maximum atomic E-state index is 13.8. The molecule has 2 aromatic rings. The lowest BCUT2D eigenvalue weighted by atomic mass is 10.2. The van der Waals surface area contributed by atoms with Gasteiger partial charge in [0.25, 0.3) is 5.91 Å². The summed E-state index contributed by atoms with van der Waals surface area (Å²) < 4.78 is 18.7. The van der Waals surface area contributed by atoms with Crippen molar-refractivity contribution in [2.45, 2.75) is 6.92 Å². The summed E-state index contributed by atoms with van der Waals surface area (Å²) in [6.07, 6.45) is 1.15. The fourth-order valence-electron chi connectivity index (χ4n) is 1.53. The molecular formula is C14H11FN2O3. The molecule has 0 aliphatic rings. The summed E-state index contributed by atoms with van der Waals surface area (Å²) in [4.78, 5) is 15.6. The quantitative estimate of drug-likeness (QED) is 0.818. The Labute approximate surface area is 114 Å². The zero-order valence-electron chi connectivity index (χ0n) is 10.6. The number of hydrogen-bond donors (Lipinski definition) is 2. The summed E-state index contributed by atoms with van der Waals surface area (Å²) >= 11 is 0. The lowest BCUT2D eigenvalue weighted by Gasteiger charge is -2.05. The van der Waals surface area contributed by atoms with Gasteiger partial charge in [-0.05, 0) is 25.1 Å². The van der Waals surface area contributed by atoms with Gasteiger partial charge in [-0.3, -0.25) is 4.79 Å². The molecule has 0 saturated carbocycles. The van der Waals surface area contributed by atoms with Crippen LogP contribution in [0.25, 0.3) is 0 Å². The van der Waals surface area contributed by atoms with E-state index in [1.54, 1.807) is 6.92 Å². The third kappa shape index (κ3) is 3.02. The Morgan fingerprint density at radius 1 is 1.55 bits per heavy atom. The predicted octanol–water partition coefficient (Wildman–Crippen LogP) is 1.72. The van der Waals surface area contributed by atoms with Gasteiger partial charge in [0.15, 0.2) is 6.39 Å².